The van der Waals surface area contributed by atoms with Gasteiger partial charge in [0.1, 0.15) is 0 Å². The molecule has 0 atom stereocenters. The van der Waals surface area contributed by atoms with E-state index in [0.717, 1.165) is 24.0 Å². The van der Waals surface area contributed by atoms with Crippen LogP contribution in [0.2, 0.25) is 0 Å². The van der Waals surface area contributed by atoms with Crippen molar-refractivity contribution in [3.05, 3.63) is 35.4 Å². The van der Waals surface area contributed by atoms with Crippen LogP contribution in [-0.4, -0.2) is 39.0 Å². The van der Waals surface area contributed by atoms with E-state index in [9.17, 15) is 8.42 Å². The normalized spacial score (nSPS) is 17.6. The molecule has 112 valence electrons. The van der Waals surface area contributed by atoms with E-state index < -0.39 is 10.0 Å². The van der Waals surface area contributed by atoms with Crippen molar-refractivity contribution >= 4 is 10.0 Å². The summed E-state index contributed by atoms with van der Waals surface area (Å²) in [6.45, 7) is 1.68. The zero-order valence-electron chi connectivity index (χ0n) is 11.8. The second kappa shape index (κ2) is 6.67. The summed E-state index contributed by atoms with van der Waals surface area (Å²) < 4.78 is 31.7. The van der Waals surface area contributed by atoms with Gasteiger partial charge in [-0.1, -0.05) is 24.3 Å². The largest absolute Gasteiger partial charge is 0.381 e. The second-order valence-corrected chi connectivity index (χ2v) is 7.17. The fraction of sp³-hybridized carbons (Fsp3) is 0.571. The van der Waals surface area contributed by atoms with Crippen LogP contribution in [0.5, 0.6) is 0 Å². The van der Waals surface area contributed by atoms with E-state index in [-0.39, 0.29) is 11.8 Å². The number of nitrogens with zero attached hydrogens (tertiary/aromatic N) is 1. The molecule has 0 aliphatic carbocycles. The molecule has 6 heteroatoms. The Morgan fingerprint density at radius 2 is 1.95 bits per heavy atom. The van der Waals surface area contributed by atoms with Crippen molar-refractivity contribution in [2.75, 3.05) is 20.3 Å². The summed E-state index contributed by atoms with van der Waals surface area (Å²) in [7, 11) is -1.64. The van der Waals surface area contributed by atoms with Gasteiger partial charge in [-0.05, 0) is 24.0 Å². The number of nitrogens with two attached hydrogens (primary N) is 1. The first kappa shape index (κ1) is 15.4. The summed E-state index contributed by atoms with van der Waals surface area (Å²) in [6.07, 6.45) is 1.52. The third kappa shape index (κ3) is 3.79. The standard InChI is InChI=1S/C14H22N2O3S/c1-16(14-5-7-19-8-6-14)20(17,18)11-13-4-2-3-12(9-13)10-15/h2-4,9,14H,5-8,10-11,15H2,1H3. The van der Waals surface area contributed by atoms with Gasteiger partial charge in [0.15, 0.2) is 0 Å². The third-order valence-corrected chi connectivity index (χ3v) is 5.59. The Labute approximate surface area is 120 Å². The molecule has 0 unspecified atom stereocenters. The van der Waals surface area contributed by atoms with Crippen LogP contribution in [0, 0.1) is 0 Å². The average molecular weight is 298 g/mol. The van der Waals surface area contributed by atoms with Gasteiger partial charge in [-0.2, -0.15) is 0 Å². The fourth-order valence-electron chi connectivity index (χ4n) is 2.43. The topological polar surface area (TPSA) is 72.6 Å². The van der Waals surface area contributed by atoms with Gasteiger partial charge < -0.3 is 10.5 Å². The van der Waals surface area contributed by atoms with Crippen LogP contribution in [0.25, 0.3) is 0 Å². The van der Waals surface area contributed by atoms with Gasteiger partial charge in [-0.3, -0.25) is 0 Å². The van der Waals surface area contributed by atoms with E-state index in [4.69, 9.17) is 10.5 Å². The lowest BCUT2D eigenvalue weighted by Gasteiger charge is -2.30. The molecule has 1 aromatic carbocycles. The van der Waals surface area contributed by atoms with Crippen molar-refractivity contribution in [2.45, 2.75) is 31.2 Å². The molecule has 0 bridgehead atoms. The van der Waals surface area contributed by atoms with Gasteiger partial charge in [0, 0.05) is 32.8 Å². The van der Waals surface area contributed by atoms with Crippen LogP contribution in [0.15, 0.2) is 24.3 Å². The van der Waals surface area contributed by atoms with Gasteiger partial charge in [-0.15, -0.1) is 0 Å². The molecule has 20 heavy (non-hydrogen) atoms. The molecule has 0 amide bonds. The molecule has 0 aromatic heterocycles. The summed E-state index contributed by atoms with van der Waals surface area (Å²) >= 11 is 0. The van der Waals surface area contributed by atoms with Crippen molar-refractivity contribution in [3.8, 4) is 0 Å². The van der Waals surface area contributed by atoms with Crippen LogP contribution in [0.4, 0.5) is 0 Å². The summed E-state index contributed by atoms with van der Waals surface area (Å²) in [6, 6.07) is 7.48. The SMILES string of the molecule is CN(C1CCOCC1)S(=O)(=O)Cc1cccc(CN)c1. The average Bonchev–Trinajstić information content (AvgIpc) is 2.47. The molecule has 0 radical (unpaired) electrons. The van der Waals surface area contributed by atoms with Crippen molar-refractivity contribution in [2.24, 2.45) is 5.73 Å². The van der Waals surface area contributed by atoms with Crippen LogP contribution < -0.4 is 5.73 Å². The molecule has 1 aliphatic heterocycles. The Hall–Kier alpha value is -0.950. The van der Waals surface area contributed by atoms with Crippen molar-refractivity contribution in [3.63, 3.8) is 0 Å². The first-order chi connectivity index (χ1) is 9.53. The van der Waals surface area contributed by atoms with E-state index in [1.54, 1.807) is 7.05 Å². The van der Waals surface area contributed by atoms with E-state index in [1.165, 1.54) is 4.31 Å². The minimum atomic E-state index is -3.30. The van der Waals surface area contributed by atoms with Gasteiger partial charge >= 0.3 is 0 Å². The van der Waals surface area contributed by atoms with E-state index in [1.807, 2.05) is 24.3 Å². The molecular weight excluding hydrogens is 276 g/mol. The number of rotatable bonds is 5. The Bertz CT molecular complexity index is 539. The van der Waals surface area contributed by atoms with E-state index in [0.29, 0.717) is 19.8 Å². The number of ether oxygens (including phenoxy) is 1. The summed E-state index contributed by atoms with van der Waals surface area (Å²) in [5, 5.41) is 0. The quantitative estimate of drug-likeness (QED) is 0.883. The van der Waals surface area contributed by atoms with Crippen molar-refractivity contribution in [1.82, 2.24) is 4.31 Å². The van der Waals surface area contributed by atoms with E-state index in [2.05, 4.69) is 0 Å². The predicted octanol–water partition coefficient (Wildman–Crippen LogP) is 1.09. The maximum Gasteiger partial charge on any atom is 0.218 e. The molecule has 1 heterocycles. The number of benzene rings is 1. The molecule has 1 aliphatic rings. The predicted molar refractivity (Wildman–Crippen MR) is 78.6 cm³/mol. The molecule has 0 saturated carbocycles. The summed E-state index contributed by atoms with van der Waals surface area (Å²) in [5.74, 6) is 0.0225. The van der Waals surface area contributed by atoms with E-state index >= 15 is 0 Å². The highest BCUT2D eigenvalue weighted by Crippen LogP contribution is 2.19. The number of hydrogen-bond acceptors (Lipinski definition) is 4. The maximum absolute atomic E-state index is 12.5. The highest BCUT2D eigenvalue weighted by molar-refractivity contribution is 7.88. The van der Waals surface area contributed by atoms with Crippen molar-refractivity contribution < 1.29 is 13.2 Å². The lowest BCUT2D eigenvalue weighted by molar-refractivity contribution is 0.0632. The third-order valence-electron chi connectivity index (χ3n) is 3.72. The lowest BCUT2D eigenvalue weighted by atomic mass is 10.1. The number of hydrogen-bond donors (Lipinski definition) is 1. The van der Waals surface area contributed by atoms with Crippen LogP contribution in [0.3, 0.4) is 0 Å². The monoisotopic (exact) mass is 298 g/mol. The zero-order chi connectivity index (χ0) is 14.6. The fourth-order valence-corrected chi connectivity index (χ4v) is 3.90. The highest BCUT2D eigenvalue weighted by Gasteiger charge is 2.27. The summed E-state index contributed by atoms with van der Waals surface area (Å²) in [5.41, 5.74) is 7.32. The van der Waals surface area contributed by atoms with Crippen LogP contribution >= 0.6 is 0 Å². The smallest absolute Gasteiger partial charge is 0.218 e. The van der Waals surface area contributed by atoms with Gasteiger partial charge in [0.05, 0.1) is 5.75 Å². The molecule has 0 spiro atoms. The van der Waals surface area contributed by atoms with Crippen LogP contribution in [0.1, 0.15) is 24.0 Å². The Balaban J connectivity index is 2.09. The minimum Gasteiger partial charge on any atom is -0.381 e. The highest BCUT2D eigenvalue weighted by atomic mass is 32.2. The Morgan fingerprint density at radius 3 is 2.60 bits per heavy atom. The molecule has 2 N–H and O–H groups in total. The Kier molecular flexibility index (Phi) is 5.15. The molecule has 5 nitrogen and oxygen atoms in total. The first-order valence-electron chi connectivity index (χ1n) is 6.84. The zero-order valence-corrected chi connectivity index (χ0v) is 12.6. The van der Waals surface area contributed by atoms with Crippen LogP contribution in [-0.2, 0) is 27.1 Å². The molecule has 1 saturated heterocycles. The number of sulfonamides is 1. The maximum atomic E-state index is 12.5. The van der Waals surface area contributed by atoms with Gasteiger partial charge in [-0.25, -0.2) is 12.7 Å². The molecular formula is C14H22N2O3S. The molecule has 1 aromatic rings. The minimum absolute atomic E-state index is 0.0225. The van der Waals surface area contributed by atoms with Gasteiger partial charge in [0.25, 0.3) is 0 Å². The first-order valence-corrected chi connectivity index (χ1v) is 8.45. The Morgan fingerprint density at radius 1 is 1.30 bits per heavy atom. The van der Waals surface area contributed by atoms with Gasteiger partial charge in [0.2, 0.25) is 10.0 Å². The second-order valence-electron chi connectivity index (χ2n) is 5.14. The molecule has 2 rings (SSSR count). The lowest BCUT2D eigenvalue weighted by Crippen LogP contribution is -2.41. The molecule has 1 fully saturated rings. The van der Waals surface area contributed by atoms with Crippen molar-refractivity contribution in [1.29, 1.82) is 0 Å². The summed E-state index contributed by atoms with van der Waals surface area (Å²) in [4.78, 5) is 0.